The highest BCUT2D eigenvalue weighted by molar-refractivity contribution is 5.91. The van der Waals surface area contributed by atoms with E-state index in [9.17, 15) is 9.59 Å². The summed E-state index contributed by atoms with van der Waals surface area (Å²) in [7, 11) is 0. The minimum atomic E-state index is -0.350. The van der Waals surface area contributed by atoms with Crippen LogP contribution in [0.3, 0.4) is 0 Å². The third-order valence-electron chi connectivity index (χ3n) is 4.41. The van der Waals surface area contributed by atoms with Crippen LogP contribution >= 0.6 is 0 Å². The number of hydrogen-bond acceptors (Lipinski definition) is 4. The second-order valence-corrected chi connectivity index (χ2v) is 7.55. The first-order valence-electron chi connectivity index (χ1n) is 9.31. The van der Waals surface area contributed by atoms with Crippen molar-refractivity contribution in [3.63, 3.8) is 0 Å². The largest absolute Gasteiger partial charge is 0.466 e. The molecule has 1 heterocycles. The van der Waals surface area contributed by atoms with Gasteiger partial charge in [0.2, 0.25) is 0 Å². The highest BCUT2D eigenvalue weighted by Crippen LogP contribution is 2.28. The Labute approximate surface area is 161 Å². The van der Waals surface area contributed by atoms with E-state index >= 15 is 0 Å². The molecule has 27 heavy (non-hydrogen) atoms. The number of ether oxygens (including phenoxy) is 2. The van der Waals surface area contributed by atoms with Crippen molar-refractivity contribution in [2.24, 2.45) is 0 Å². The van der Waals surface area contributed by atoms with Gasteiger partial charge in [0.1, 0.15) is 6.61 Å². The van der Waals surface area contributed by atoms with Crippen LogP contribution in [-0.4, -0.2) is 23.1 Å². The van der Waals surface area contributed by atoms with Gasteiger partial charge in [0.05, 0.1) is 18.6 Å². The fourth-order valence-corrected chi connectivity index (χ4v) is 3.00. The van der Waals surface area contributed by atoms with Crippen molar-refractivity contribution in [2.75, 3.05) is 6.61 Å². The van der Waals surface area contributed by atoms with Crippen LogP contribution < -0.4 is 0 Å². The Morgan fingerprint density at radius 2 is 1.74 bits per heavy atom. The van der Waals surface area contributed by atoms with Crippen LogP contribution in [0.4, 0.5) is 0 Å². The van der Waals surface area contributed by atoms with Gasteiger partial charge in [-0.15, -0.1) is 0 Å². The van der Waals surface area contributed by atoms with Gasteiger partial charge in [0.25, 0.3) is 0 Å². The molecule has 0 amide bonds. The lowest BCUT2D eigenvalue weighted by molar-refractivity contribution is -0.143. The topological polar surface area (TPSA) is 57.5 Å². The van der Waals surface area contributed by atoms with Gasteiger partial charge in [-0.1, -0.05) is 51.1 Å². The normalized spacial score (nSPS) is 11.3. The molecule has 0 radical (unpaired) electrons. The van der Waals surface area contributed by atoms with Gasteiger partial charge in [0.15, 0.2) is 0 Å². The average Bonchev–Trinajstić information content (AvgIpc) is 2.96. The van der Waals surface area contributed by atoms with Crippen molar-refractivity contribution in [3.05, 3.63) is 58.9 Å². The molecule has 0 aliphatic carbocycles. The molecule has 0 aliphatic rings. The molecule has 5 nitrogen and oxygen atoms in total. The summed E-state index contributed by atoms with van der Waals surface area (Å²) in [5.41, 5.74) is 3.12. The zero-order valence-electron chi connectivity index (χ0n) is 16.9. The van der Waals surface area contributed by atoms with Crippen molar-refractivity contribution < 1.29 is 19.1 Å². The van der Waals surface area contributed by atoms with Crippen molar-refractivity contribution in [1.29, 1.82) is 0 Å². The zero-order chi connectivity index (χ0) is 20.0. The van der Waals surface area contributed by atoms with Gasteiger partial charge in [-0.2, -0.15) is 0 Å². The Morgan fingerprint density at radius 3 is 2.33 bits per heavy atom. The molecule has 2 aromatic rings. The zero-order valence-corrected chi connectivity index (χ0v) is 16.9. The summed E-state index contributed by atoms with van der Waals surface area (Å²) in [6, 6.07) is 11.5. The summed E-state index contributed by atoms with van der Waals surface area (Å²) in [4.78, 5) is 24.4. The predicted octanol–water partition coefficient (Wildman–Crippen LogP) is 4.40. The molecule has 1 aromatic heterocycles. The Bertz CT molecular complexity index is 785. The van der Waals surface area contributed by atoms with Crippen LogP contribution in [0.5, 0.6) is 0 Å². The van der Waals surface area contributed by atoms with E-state index < -0.39 is 0 Å². The maximum absolute atomic E-state index is 12.6. The lowest BCUT2D eigenvalue weighted by Crippen LogP contribution is -2.20. The van der Waals surface area contributed by atoms with Crippen molar-refractivity contribution in [2.45, 2.75) is 59.6 Å². The number of nitrogens with zero attached hydrogens (tertiary/aromatic N) is 1. The monoisotopic (exact) mass is 371 g/mol. The molecule has 5 heteroatoms. The van der Waals surface area contributed by atoms with Crippen LogP contribution in [0, 0.1) is 6.92 Å². The number of carbonyl (C=O) groups excluding carboxylic acids is 2. The molecule has 0 aliphatic heterocycles. The quantitative estimate of drug-likeness (QED) is 0.677. The second kappa shape index (κ2) is 8.89. The number of rotatable bonds is 7. The summed E-state index contributed by atoms with van der Waals surface area (Å²) in [5.74, 6) is -0.588. The average molecular weight is 371 g/mol. The van der Waals surface area contributed by atoms with Crippen molar-refractivity contribution in [1.82, 2.24) is 4.57 Å². The van der Waals surface area contributed by atoms with Crippen LogP contribution in [0.1, 0.15) is 61.4 Å². The Morgan fingerprint density at radius 1 is 1.07 bits per heavy atom. The Balaban J connectivity index is 2.20. The van der Waals surface area contributed by atoms with E-state index in [1.54, 1.807) is 6.92 Å². The van der Waals surface area contributed by atoms with E-state index in [1.807, 2.05) is 47.9 Å². The Kier molecular flexibility index (Phi) is 6.83. The van der Waals surface area contributed by atoms with E-state index in [2.05, 4.69) is 20.8 Å². The summed E-state index contributed by atoms with van der Waals surface area (Å²) in [6.07, 6.45) is 0.269. The molecule has 146 valence electrons. The fourth-order valence-electron chi connectivity index (χ4n) is 3.00. The number of hydrogen-bond donors (Lipinski definition) is 0. The first kappa shape index (κ1) is 20.7. The standard InChI is InChI=1S/C22H29NO4/c1-6-26-20(24)12-13-23-16(2)18(14-19(23)22(3,4)5)21(25)27-15-17-10-8-7-9-11-17/h7-11,14H,6,12-13,15H2,1-5H3. The molecule has 0 atom stereocenters. The number of esters is 2. The van der Waals surface area contributed by atoms with Crippen molar-refractivity contribution in [3.8, 4) is 0 Å². The number of carbonyl (C=O) groups is 2. The minimum Gasteiger partial charge on any atom is -0.466 e. The van der Waals surface area contributed by atoms with Crippen LogP contribution in [0.2, 0.25) is 0 Å². The number of benzene rings is 1. The lowest BCUT2D eigenvalue weighted by atomic mass is 9.92. The van der Waals surface area contributed by atoms with Gasteiger partial charge in [-0.05, 0) is 25.5 Å². The molecular formula is C22H29NO4. The number of aromatic nitrogens is 1. The van der Waals surface area contributed by atoms with E-state index in [0.717, 1.165) is 17.0 Å². The molecule has 0 saturated carbocycles. The molecule has 0 N–H and O–H groups in total. The van der Waals surface area contributed by atoms with E-state index in [0.29, 0.717) is 18.7 Å². The molecule has 0 unspecified atom stereocenters. The summed E-state index contributed by atoms with van der Waals surface area (Å²) in [6.45, 7) is 11.0. The smallest absolute Gasteiger partial charge is 0.340 e. The highest BCUT2D eigenvalue weighted by atomic mass is 16.5. The van der Waals surface area contributed by atoms with Gasteiger partial charge in [-0.3, -0.25) is 4.79 Å². The molecule has 1 aromatic carbocycles. The molecule has 2 rings (SSSR count). The summed E-state index contributed by atoms with van der Waals surface area (Å²) in [5, 5.41) is 0. The third-order valence-corrected chi connectivity index (χ3v) is 4.41. The molecule has 0 spiro atoms. The van der Waals surface area contributed by atoms with Crippen LogP contribution in [0.15, 0.2) is 36.4 Å². The van der Waals surface area contributed by atoms with E-state index in [-0.39, 0.29) is 30.4 Å². The summed E-state index contributed by atoms with van der Waals surface area (Å²) >= 11 is 0. The predicted molar refractivity (Wildman–Crippen MR) is 105 cm³/mol. The van der Waals surface area contributed by atoms with E-state index in [1.165, 1.54) is 0 Å². The first-order valence-corrected chi connectivity index (χ1v) is 9.31. The van der Waals surface area contributed by atoms with Gasteiger partial charge >= 0.3 is 11.9 Å². The fraction of sp³-hybridized carbons (Fsp3) is 0.455. The van der Waals surface area contributed by atoms with Gasteiger partial charge in [-0.25, -0.2) is 4.79 Å². The van der Waals surface area contributed by atoms with Crippen LogP contribution in [0.25, 0.3) is 0 Å². The molecular weight excluding hydrogens is 342 g/mol. The summed E-state index contributed by atoms with van der Waals surface area (Å²) < 4.78 is 12.5. The van der Waals surface area contributed by atoms with Gasteiger partial charge in [0, 0.05) is 23.3 Å². The second-order valence-electron chi connectivity index (χ2n) is 7.55. The lowest BCUT2D eigenvalue weighted by Gasteiger charge is -2.22. The van der Waals surface area contributed by atoms with Crippen LogP contribution in [-0.2, 0) is 32.8 Å². The highest BCUT2D eigenvalue weighted by Gasteiger charge is 2.26. The Hall–Kier alpha value is -2.56. The van der Waals surface area contributed by atoms with Gasteiger partial charge < -0.3 is 14.0 Å². The maximum Gasteiger partial charge on any atom is 0.340 e. The first-order chi connectivity index (χ1) is 12.7. The third kappa shape index (κ3) is 5.46. The maximum atomic E-state index is 12.6. The minimum absolute atomic E-state index is 0.169. The van der Waals surface area contributed by atoms with E-state index in [4.69, 9.17) is 9.47 Å². The SMILES string of the molecule is CCOC(=O)CCn1c(C(C)(C)C)cc(C(=O)OCc2ccccc2)c1C. The molecule has 0 bridgehead atoms. The van der Waals surface area contributed by atoms with Crippen molar-refractivity contribution >= 4 is 11.9 Å². The molecule has 0 fully saturated rings. The molecule has 0 saturated heterocycles.